The molecule has 0 aliphatic rings. The van der Waals surface area contributed by atoms with Gasteiger partial charge in [0.25, 0.3) is 5.91 Å². The molecule has 166 valence electrons. The zero-order valence-corrected chi connectivity index (χ0v) is 19.0. The molecule has 2 aromatic rings. The Labute approximate surface area is 184 Å². The first-order chi connectivity index (χ1) is 14.6. The Kier molecular flexibility index (Phi) is 8.37. The zero-order chi connectivity index (χ0) is 23.0. The minimum atomic E-state index is -0.485. The first kappa shape index (κ1) is 24.1. The van der Waals surface area contributed by atoms with E-state index >= 15 is 0 Å². The summed E-state index contributed by atoms with van der Waals surface area (Å²) in [5.41, 5.74) is 3.64. The first-order valence-electron chi connectivity index (χ1n) is 10.4. The van der Waals surface area contributed by atoms with Gasteiger partial charge in [0.05, 0.1) is 19.6 Å². The molecule has 0 spiro atoms. The lowest BCUT2D eigenvalue weighted by molar-refractivity contribution is -0.141. The fraction of sp³-hybridized carbons (Fsp3) is 0.400. The van der Waals surface area contributed by atoms with Crippen molar-refractivity contribution in [1.29, 1.82) is 0 Å². The van der Waals surface area contributed by atoms with Crippen LogP contribution < -0.4 is 10.6 Å². The summed E-state index contributed by atoms with van der Waals surface area (Å²) in [6.07, 6.45) is 0.146. The summed E-state index contributed by atoms with van der Waals surface area (Å²) >= 11 is 0. The molecule has 0 bridgehead atoms. The van der Waals surface area contributed by atoms with Gasteiger partial charge < -0.3 is 15.4 Å². The highest BCUT2D eigenvalue weighted by Crippen LogP contribution is 2.22. The largest absolute Gasteiger partial charge is 0.469 e. The van der Waals surface area contributed by atoms with E-state index in [1.807, 2.05) is 43.3 Å². The fourth-order valence-electron chi connectivity index (χ4n) is 3.08. The lowest BCUT2D eigenvalue weighted by Crippen LogP contribution is -2.34. The molecule has 2 amide bonds. The fourth-order valence-corrected chi connectivity index (χ4v) is 3.08. The van der Waals surface area contributed by atoms with Crippen LogP contribution in [0.25, 0.3) is 0 Å². The molecule has 0 heterocycles. The number of esters is 1. The molecule has 0 saturated heterocycles. The number of nitrogens with one attached hydrogen (secondary N) is 2. The summed E-state index contributed by atoms with van der Waals surface area (Å²) in [5, 5.41) is 5.63. The van der Waals surface area contributed by atoms with Crippen molar-refractivity contribution >= 4 is 17.8 Å². The van der Waals surface area contributed by atoms with Gasteiger partial charge in [-0.1, -0.05) is 62.7 Å². The molecule has 6 nitrogen and oxygen atoms in total. The van der Waals surface area contributed by atoms with Crippen LogP contribution in [0.2, 0.25) is 0 Å². The standard InChI is InChI=1S/C25H32N2O4/c1-17-6-8-18(9-7-17)21(16-23(29)31-5)27-22(28)14-15-26-24(30)19-10-12-20(13-11-19)25(2,3)4/h6-13,21H,14-16H2,1-5H3,(H,26,30)(H,27,28). The van der Waals surface area contributed by atoms with Gasteiger partial charge in [0.1, 0.15) is 0 Å². The number of amides is 2. The Hall–Kier alpha value is -3.15. The van der Waals surface area contributed by atoms with Crippen LogP contribution in [0.3, 0.4) is 0 Å². The molecule has 0 aliphatic carbocycles. The SMILES string of the molecule is COC(=O)CC(NC(=O)CCNC(=O)c1ccc(C(C)(C)C)cc1)c1ccc(C)cc1. The Morgan fingerprint density at radius 1 is 0.968 bits per heavy atom. The maximum atomic E-state index is 12.4. The van der Waals surface area contributed by atoms with Crippen LogP contribution in [0.15, 0.2) is 48.5 Å². The smallest absolute Gasteiger partial charge is 0.307 e. The maximum Gasteiger partial charge on any atom is 0.307 e. The average molecular weight is 425 g/mol. The molecule has 1 atom stereocenters. The second-order valence-electron chi connectivity index (χ2n) is 8.64. The molecule has 31 heavy (non-hydrogen) atoms. The number of methoxy groups -OCH3 is 1. The summed E-state index contributed by atoms with van der Waals surface area (Å²) in [7, 11) is 1.32. The number of ether oxygens (including phenoxy) is 1. The molecule has 2 N–H and O–H groups in total. The number of aryl methyl sites for hydroxylation is 1. The van der Waals surface area contributed by atoms with E-state index in [0.29, 0.717) is 5.56 Å². The molecule has 0 radical (unpaired) electrons. The van der Waals surface area contributed by atoms with Gasteiger partial charge in [-0.05, 0) is 35.6 Å². The average Bonchev–Trinajstić information content (AvgIpc) is 2.73. The van der Waals surface area contributed by atoms with Crippen LogP contribution in [0.4, 0.5) is 0 Å². The normalized spacial score (nSPS) is 12.0. The van der Waals surface area contributed by atoms with E-state index in [9.17, 15) is 14.4 Å². The van der Waals surface area contributed by atoms with Crippen molar-refractivity contribution in [3.63, 3.8) is 0 Å². The highest BCUT2D eigenvalue weighted by molar-refractivity contribution is 5.94. The molecule has 6 heteroatoms. The number of rotatable bonds is 8. The van der Waals surface area contributed by atoms with Crippen LogP contribution in [-0.2, 0) is 19.7 Å². The van der Waals surface area contributed by atoms with Gasteiger partial charge in [-0.2, -0.15) is 0 Å². The Balaban J connectivity index is 1.90. The van der Waals surface area contributed by atoms with E-state index in [1.54, 1.807) is 12.1 Å². The van der Waals surface area contributed by atoms with Crippen LogP contribution in [0.1, 0.15) is 66.7 Å². The van der Waals surface area contributed by atoms with Crippen molar-refractivity contribution in [1.82, 2.24) is 10.6 Å². The molecule has 1 unspecified atom stereocenters. The number of benzene rings is 2. The second kappa shape index (κ2) is 10.8. The monoisotopic (exact) mass is 424 g/mol. The summed E-state index contributed by atoms with van der Waals surface area (Å²) < 4.78 is 4.75. The van der Waals surface area contributed by atoms with Gasteiger partial charge in [-0.25, -0.2) is 0 Å². The molecule has 0 saturated carbocycles. The quantitative estimate of drug-likeness (QED) is 0.631. The van der Waals surface area contributed by atoms with E-state index < -0.39 is 12.0 Å². The molecule has 0 aromatic heterocycles. The topological polar surface area (TPSA) is 84.5 Å². The van der Waals surface area contributed by atoms with Crippen LogP contribution in [0, 0.1) is 6.92 Å². The van der Waals surface area contributed by atoms with Crippen molar-refractivity contribution in [2.45, 2.75) is 52.0 Å². The van der Waals surface area contributed by atoms with E-state index in [-0.39, 0.29) is 36.6 Å². The molecular weight excluding hydrogens is 392 g/mol. The van der Waals surface area contributed by atoms with E-state index in [4.69, 9.17) is 4.74 Å². The lowest BCUT2D eigenvalue weighted by atomic mass is 9.87. The third-order valence-corrected chi connectivity index (χ3v) is 5.06. The van der Waals surface area contributed by atoms with E-state index in [1.165, 1.54) is 7.11 Å². The van der Waals surface area contributed by atoms with Gasteiger partial charge in [0.15, 0.2) is 0 Å². The second-order valence-corrected chi connectivity index (χ2v) is 8.64. The molecule has 0 fully saturated rings. The number of carbonyl (C=O) groups excluding carboxylic acids is 3. The van der Waals surface area contributed by atoms with E-state index in [2.05, 4.69) is 31.4 Å². The van der Waals surface area contributed by atoms with Crippen molar-refractivity contribution in [3.05, 3.63) is 70.8 Å². The number of carbonyl (C=O) groups is 3. The van der Waals surface area contributed by atoms with Gasteiger partial charge >= 0.3 is 5.97 Å². The third kappa shape index (κ3) is 7.55. The van der Waals surface area contributed by atoms with E-state index in [0.717, 1.165) is 16.7 Å². The summed E-state index contributed by atoms with van der Waals surface area (Å²) in [5.74, 6) is -0.881. The Morgan fingerprint density at radius 3 is 2.13 bits per heavy atom. The molecule has 2 rings (SSSR count). The summed E-state index contributed by atoms with van der Waals surface area (Å²) in [6, 6.07) is 14.6. The van der Waals surface area contributed by atoms with Crippen molar-refractivity contribution < 1.29 is 19.1 Å². The summed E-state index contributed by atoms with van der Waals surface area (Å²) in [6.45, 7) is 8.52. The minimum Gasteiger partial charge on any atom is -0.469 e. The van der Waals surface area contributed by atoms with Crippen LogP contribution in [-0.4, -0.2) is 31.4 Å². The highest BCUT2D eigenvalue weighted by atomic mass is 16.5. The predicted octanol–water partition coefficient (Wildman–Crippen LogP) is 3.83. The predicted molar refractivity (Wildman–Crippen MR) is 121 cm³/mol. The van der Waals surface area contributed by atoms with Gasteiger partial charge in [-0.15, -0.1) is 0 Å². The summed E-state index contributed by atoms with van der Waals surface area (Å²) in [4.78, 5) is 36.5. The first-order valence-corrected chi connectivity index (χ1v) is 10.4. The van der Waals surface area contributed by atoms with Crippen molar-refractivity contribution in [3.8, 4) is 0 Å². The maximum absolute atomic E-state index is 12.4. The lowest BCUT2D eigenvalue weighted by Gasteiger charge is -2.19. The minimum absolute atomic E-state index is 0.0191. The van der Waals surface area contributed by atoms with Crippen LogP contribution >= 0.6 is 0 Å². The van der Waals surface area contributed by atoms with Crippen molar-refractivity contribution in [2.75, 3.05) is 13.7 Å². The Morgan fingerprint density at radius 2 is 1.58 bits per heavy atom. The third-order valence-electron chi connectivity index (χ3n) is 5.06. The van der Waals surface area contributed by atoms with Gasteiger partial charge in [0.2, 0.25) is 5.91 Å². The molecular formula is C25H32N2O4. The zero-order valence-electron chi connectivity index (χ0n) is 19.0. The molecule has 2 aromatic carbocycles. The van der Waals surface area contributed by atoms with Gasteiger partial charge in [-0.3, -0.25) is 14.4 Å². The Bertz CT molecular complexity index is 897. The molecule has 0 aliphatic heterocycles. The van der Waals surface area contributed by atoms with Crippen molar-refractivity contribution in [2.24, 2.45) is 0 Å². The number of hydrogen-bond donors (Lipinski definition) is 2. The van der Waals surface area contributed by atoms with Crippen LogP contribution in [0.5, 0.6) is 0 Å². The van der Waals surface area contributed by atoms with Gasteiger partial charge in [0, 0.05) is 18.5 Å². The highest BCUT2D eigenvalue weighted by Gasteiger charge is 2.19. The number of hydrogen-bond acceptors (Lipinski definition) is 4.